The number of carboxylic acids is 1. The Hall–Kier alpha value is -3.53. The van der Waals surface area contributed by atoms with Crippen LogP contribution in [-0.2, 0) is 26.0 Å². The third-order valence-electron chi connectivity index (χ3n) is 5.32. The minimum absolute atomic E-state index is 0.0165. The van der Waals surface area contributed by atoms with E-state index in [-0.39, 0.29) is 34.8 Å². The second kappa shape index (κ2) is 10.4. The summed E-state index contributed by atoms with van der Waals surface area (Å²) in [6.07, 6.45) is 0.701. The van der Waals surface area contributed by atoms with Crippen LogP contribution in [0.4, 0.5) is 0 Å². The Labute approximate surface area is 192 Å². The predicted octanol–water partition coefficient (Wildman–Crippen LogP) is 2.09. The molecule has 1 atom stereocenters. The van der Waals surface area contributed by atoms with E-state index in [0.717, 1.165) is 5.56 Å². The van der Waals surface area contributed by atoms with Gasteiger partial charge in [-0.05, 0) is 30.5 Å². The Balaban J connectivity index is 2.12. The molecule has 1 heterocycles. The molecular formula is C23H26N2O7S. The molecule has 2 aromatic rings. The van der Waals surface area contributed by atoms with Gasteiger partial charge in [-0.3, -0.25) is 14.3 Å². The van der Waals surface area contributed by atoms with Crippen LogP contribution in [0.1, 0.15) is 18.4 Å². The Morgan fingerprint density at radius 3 is 2.45 bits per heavy atom. The lowest BCUT2D eigenvalue weighted by atomic mass is 9.91. The lowest BCUT2D eigenvalue weighted by Crippen LogP contribution is -2.34. The number of hydrogen-bond donors (Lipinski definition) is 3. The standard InChI is InChI=1S/C23H26N2O7S/c1-31-19-11-10-16(14-20(19)32-2)33(29,30)25-18(13-15-7-4-3-5-8-15)21-17(23(27)28)9-6-12-24-22(21)26/h3-5,7-8,10-11,14,17,25H,6,9,12-13H2,1-2H3,(H,24,26)(H,27,28). The van der Waals surface area contributed by atoms with Gasteiger partial charge in [0.15, 0.2) is 11.5 Å². The Bertz CT molecular complexity index is 1160. The van der Waals surface area contributed by atoms with Crippen LogP contribution in [0.5, 0.6) is 11.5 Å². The molecule has 10 heteroatoms. The number of aliphatic carboxylic acids is 1. The fraction of sp³-hybridized carbons (Fsp3) is 0.304. The maximum Gasteiger partial charge on any atom is 0.311 e. The number of carboxylic acid groups (broad SMARTS) is 1. The SMILES string of the molecule is COc1ccc(S(=O)(=O)NC(Cc2ccccc2)=C2C(=O)NCCCC2C(=O)O)cc1OC. The average molecular weight is 475 g/mol. The Morgan fingerprint density at radius 2 is 1.82 bits per heavy atom. The zero-order valence-corrected chi connectivity index (χ0v) is 19.1. The molecule has 9 nitrogen and oxygen atoms in total. The molecule has 3 rings (SSSR count). The summed E-state index contributed by atoms with van der Waals surface area (Å²) in [7, 11) is -1.37. The van der Waals surface area contributed by atoms with Gasteiger partial charge in [0.1, 0.15) is 0 Å². The maximum absolute atomic E-state index is 13.3. The first-order valence-electron chi connectivity index (χ1n) is 10.3. The summed E-state index contributed by atoms with van der Waals surface area (Å²) in [6, 6.07) is 13.0. The predicted molar refractivity (Wildman–Crippen MR) is 120 cm³/mol. The van der Waals surface area contributed by atoms with E-state index in [1.165, 1.54) is 32.4 Å². The highest BCUT2D eigenvalue weighted by Crippen LogP contribution is 2.31. The van der Waals surface area contributed by atoms with Crippen LogP contribution in [0.25, 0.3) is 0 Å². The highest BCUT2D eigenvalue weighted by molar-refractivity contribution is 7.89. The van der Waals surface area contributed by atoms with Gasteiger partial charge in [0.25, 0.3) is 10.0 Å². The summed E-state index contributed by atoms with van der Waals surface area (Å²) < 4.78 is 39.4. The number of sulfonamides is 1. The smallest absolute Gasteiger partial charge is 0.311 e. The van der Waals surface area contributed by atoms with E-state index < -0.39 is 27.8 Å². The second-order valence-corrected chi connectivity index (χ2v) is 9.15. The van der Waals surface area contributed by atoms with Gasteiger partial charge in [-0.1, -0.05) is 30.3 Å². The quantitative estimate of drug-likeness (QED) is 0.499. The summed E-state index contributed by atoms with van der Waals surface area (Å²) in [5.74, 6) is -2.35. The lowest BCUT2D eigenvalue weighted by molar-refractivity contribution is -0.141. The van der Waals surface area contributed by atoms with Crippen LogP contribution in [0.15, 0.2) is 64.7 Å². The molecule has 1 fully saturated rings. The third kappa shape index (κ3) is 5.64. The summed E-state index contributed by atoms with van der Waals surface area (Å²) in [5, 5.41) is 12.5. The number of amides is 1. The molecule has 0 bridgehead atoms. The van der Waals surface area contributed by atoms with Crippen molar-refractivity contribution < 1.29 is 32.6 Å². The molecule has 176 valence electrons. The number of carbonyl (C=O) groups excluding carboxylic acids is 1. The molecular weight excluding hydrogens is 448 g/mol. The van der Waals surface area contributed by atoms with Crippen LogP contribution in [0.2, 0.25) is 0 Å². The van der Waals surface area contributed by atoms with Gasteiger partial charge in [0.2, 0.25) is 5.91 Å². The van der Waals surface area contributed by atoms with Crippen LogP contribution in [0.3, 0.4) is 0 Å². The fourth-order valence-corrected chi connectivity index (χ4v) is 4.83. The molecule has 1 amide bonds. The highest BCUT2D eigenvalue weighted by atomic mass is 32.2. The maximum atomic E-state index is 13.3. The van der Waals surface area contributed by atoms with Crippen molar-refractivity contribution in [1.82, 2.24) is 10.0 Å². The first-order chi connectivity index (χ1) is 15.8. The molecule has 1 saturated heterocycles. The molecule has 33 heavy (non-hydrogen) atoms. The number of rotatable bonds is 8. The van der Waals surface area contributed by atoms with E-state index in [9.17, 15) is 23.1 Å². The summed E-state index contributed by atoms with van der Waals surface area (Å²) in [5.41, 5.74) is 0.645. The second-order valence-electron chi connectivity index (χ2n) is 7.47. The number of hydrogen-bond acceptors (Lipinski definition) is 6. The minimum atomic E-state index is -4.19. The fourth-order valence-electron chi connectivity index (χ4n) is 3.69. The molecule has 0 aliphatic carbocycles. The van der Waals surface area contributed by atoms with Crippen molar-refractivity contribution in [2.45, 2.75) is 24.2 Å². The normalized spacial score (nSPS) is 18.0. The van der Waals surface area contributed by atoms with Crippen molar-refractivity contribution in [2.24, 2.45) is 5.92 Å². The van der Waals surface area contributed by atoms with Crippen molar-refractivity contribution in [3.63, 3.8) is 0 Å². The number of nitrogens with one attached hydrogen (secondary N) is 2. The van der Waals surface area contributed by atoms with Crippen molar-refractivity contribution in [1.29, 1.82) is 0 Å². The first kappa shape index (κ1) is 24.1. The van der Waals surface area contributed by atoms with Crippen LogP contribution >= 0.6 is 0 Å². The average Bonchev–Trinajstić information content (AvgIpc) is 3.00. The Kier molecular flexibility index (Phi) is 7.59. The van der Waals surface area contributed by atoms with E-state index in [4.69, 9.17) is 9.47 Å². The first-order valence-corrected chi connectivity index (χ1v) is 11.8. The number of ether oxygens (including phenoxy) is 2. The zero-order valence-electron chi connectivity index (χ0n) is 18.3. The van der Waals surface area contributed by atoms with E-state index in [2.05, 4.69) is 10.0 Å². The van der Waals surface area contributed by atoms with E-state index in [1.807, 2.05) is 6.07 Å². The van der Waals surface area contributed by atoms with Gasteiger partial charge in [-0.25, -0.2) is 8.42 Å². The molecule has 1 aliphatic rings. The number of allylic oxidation sites excluding steroid dienone is 1. The molecule has 0 saturated carbocycles. The molecule has 1 unspecified atom stereocenters. The molecule has 0 spiro atoms. The van der Waals surface area contributed by atoms with Gasteiger partial charge in [-0.15, -0.1) is 0 Å². The summed E-state index contributed by atoms with van der Waals surface area (Å²) in [6.45, 7) is 0.313. The largest absolute Gasteiger partial charge is 0.493 e. The molecule has 3 N–H and O–H groups in total. The van der Waals surface area contributed by atoms with E-state index in [0.29, 0.717) is 18.7 Å². The van der Waals surface area contributed by atoms with Gasteiger partial charge in [0.05, 0.1) is 30.6 Å². The zero-order chi connectivity index (χ0) is 24.0. The molecule has 1 aliphatic heterocycles. The van der Waals surface area contributed by atoms with Crippen molar-refractivity contribution in [2.75, 3.05) is 20.8 Å². The topological polar surface area (TPSA) is 131 Å². The highest BCUT2D eigenvalue weighted by Gasteiger charge is 2.34. The van der Waals surface area contributed by atoms with Crippen LogP contribution in [-0.4, -0.2) is 46.2 Å². The molecule has 2 aromatic carbocycles. The minimum Gasteiger partial charge on any atom is -0.493 e. The van der Waals surface area contributed by atoms with Gasteiger partial charge < -0.3 is 19.9 Å². The van der Waals surface area contributed by atoms with Crippen LogP contribution < -0.4 is 19.5 Å². The Morgan fingerprint density at radius 1 is 1.12 bits per heavy atom. The van der Waals surface area contributed by atoms with E-state index >= 15 is 0 Å². The summed E-state index contributed by atoms with van der Waals surface area (Å²) >= 11 is 0. The van der Waals surface area contributed by atoms with Crippen LogP contribution in [0, 0.1) is 5.92 Å². The number of benzene rings is 2. The van der Waals surface area contributed by atoms with Gasteiger partial charge in [-0.2, -0.15) is 0 Å². The number of carbonyl (C=O) groups is 2. The van der Waals surface area contributed by atoms with Gasteiger partial charge in [0, 0.05) is 24.7 Å². The lowest BCUT2D eigenvalue weighted by Gasteiger charge is -2.20. The molecule has 0 radical (unpaired) electrons. The number of methoxy groups -OCH3 is 2. The van der Waals surface area contributed by atoms with E-state index in [1.54, 1.807) is 24.3 Å². The van der Waals surface area contributed by atoms with Crippen molar-refractivity contribution >= 4 is 21.9 Å². The molecule has 0 aromatic heterocycles. The van der Waals surface area contributed by atoms with Crippen molar-refractivity contribution in [3.05, 3.63) is 65.4 Å². The monoisotopic (exact) mass is 474 g/mol. The summed E-state index contributed by atoms with van der Waals surface area (Å²) in [4.78, 5) is 24.7. The third-order valence-corrected chi connectivity index (χ3v) is 6.71. The van der Waals surface area contributed by atoms with Gasteiger partial charge >= 0.3 is 5.97 Å². The van der Waals surface area contributed by atoms with Crippen molar-refractivity contribution in [3.8, 4) is 11.5 Å².